The normalized spacial score (nSPS) is 27.1. The highest BCUT2D eigenvalue weighted by Crippen LogP contribution is 2.50. The molecule has 0 bridgehead atoms. The molecule has 0 aromatic carbocycles. The lowest BCUT2D eigenvalue weighted by Crippen LogP contribution is -2.65. The van der Waals surface area contributed by atoms with Crippen molar-refractivity contribution in [3.8, 4) is 0 Å². The summed E-state index contributed by atoms with van der Waals surface area (Å²) in [6.07, 6.45) is 13.3. The number of ether oxygens (including phenoxy) is 2. The van der Waals surface area contributed by atoms with E-state index in [-0.39, 0.29) is 23.4 Å². The van der Waals surface area contributed by atoms with Crippen molar-refractivity contribution < 1.29 is 24.2 Å². The molecule has 0 aromatic heterocycles. The third-order valence-corrected chi connectivity index (χ3v) is 7.80. The van der Waals surface area contributed by atoms with Crippen molar-refractivity contribution in [2.75, 3.05) is 6.54 Å². The van der Waals surface area contributed by atoms with Crippen molar-refractivity contribution >= 4 is 11.9 Å². The first kappa shape index (κ1) is 28.1. The van der Waals surface area contributed by atoms with Gasteiger partial charge in [0.2, 0.25) is 6.29 Å². The van der Waals surface area contributed by atoms with E-state index < -0.39 is 23.6 Å². The van der Waals surface area contributed by atoms with Crippen LogP contribution >= 0.6 is 0 Å². The van der Waals surface area contributed by atoms with Crippen molar-refractivity contribution in [3.63, 3.8) is 0 Å². The van der Waals surface area contributed by atoms with Gasteiger partial charge in [-0.1, -0.05) is 51.5 Å². The number of aliphatic hydroxyl groups excluding tert-OH is 1. The fourth-order valence-corrected chi connectivity index (χ4v) is 6.93. The van der Waals surface area contributed by atoms with Gasteiger partial charge in [0.05, 0.1) is 0 Å². The summed E-state index contributed by atoms with van der Waals surface area (Å²) in [6, 6.07) is 0. The highest BCUT2D eigenvalue weighted by molar-refractivity contribution is 5.88. The molecule has 1 atom stereocenters. The Bertz CT molecular complexity index is 734. The quantitative estimate of drug-likeness (QED) is 0.320. The number of rotatable bonds is 5. The third kappa shape index (κ3) is 7.07. The zero-order chi connectivity index (χ0) is 25.7. The number of nitrogens with zero attached hydrogens (tertiary/aromatic N) is 1. The van der Waals surface area contributed by atoms with Crippen LogP contribution in [0, 0.1) is 0 Å². The smallest absolute Gasteiger partial charge is 0.332 e. The highest BCUT2D eigenvalue weighted by Gasteiger charge is 2.64. The average Bonchev–Trinajstić information content (AvgIpc) is 2.93. The van der Waals surface area contributed by atoms with Crippen LogP contribution in [-0.2, 0) is 19.1 Å². The first-order chi connectivity index (χ1) is 16.4. The van der Waals surface area contributed by atoms with Gasteiger partial charge in [0.15, 0.2) is 5.60 Å². The van der Waals surface area contributed by atoms with Gasteiger partial charge in [-0.25, -0.2) is 4.79 Å². The summed E-state index contributed by atoms with van der Waals surface area (Å²) in [4.78, 5) is 27.7. The molecular formula is C28H48N2O5. The number of nitrogens with one attached hydrogen (secondary N) is 1. The SMILES string of the molecule is C=CC(=O)OC(O)CCN1C(=O)C2(CC(C)(C)NC(C)(C)C2)OC12CCCCCCCCCCC2. The molecule has 1 aliphatic carbocycles. The summed E-state index contributed by atoms with van der Waals surface area (Å²) in [6.45, 7) is 12.2. The molecule has 200 valence electrons. The Kier molecular flexibility index (Phi) is 9.09. The minimum atomic E-state index is -1.28. The van der Waals surface area contributed by atoms with Gasteiger partial charge in [-0.15, -0.1) is 0 Å². The van der Waals surface area contributed by atoms with Gasteiger partial charge in [-0.05, 0) is 53.4 Å². The van der Waals surface area contributed by atoms with E-state index in [0.717, 1.165) is 44.6 Å². The highest BCUT2D eigenvalue weighted by atomic mass is 16.6. The van der Waals surface area contributed by atoms with Gasteiger partial charge in [0, 0.05) is 43.0 Å². The van der Waals surface area contributed by atoms with E-state index in [1.807, 2.05) is 4.90 Å². The summed E-state index contributed by atoms with van der Waals surface area (Å²) in [7, 11) is 0. The second-order valence-corrected chi connectivity index (χ2v) is 12.3. The molecule has 7 nitrogen and oxygen atoms in total. The van der Waals surface area contributed by atoms with Gasteiger partial charge in [-0.2, -0.15) is 0 Å². The summed E-state index contributed by atoms with van der Waals surface area (Å²) in [5.41, 5.74) is -2.07. The fourth-order valence-electron chi connectivity index (χ4n) is 6.93. The number of aliphatic hydroxyl groups is 1. The molecule has 3 fully saturated rings. The average molecular weight is 493 g/mol. The second kappa shape index (κ2) is 11.3. The van der Waals surface area contributed by atoms with Crippen molar-refractivity contribution in [1.82, 2.24) is 10.2 Å². The number of piperidine rings is 1. The summed E-state index contributed by atoms with van der Waals surface area (Å²) < 4.78 is 12.1. The molecule has 1 saturated carbocycles. The van der Waals surface area contributed by atoms with E-state index in [2.05, 4.69) is 39.6 Å². The minimum Gasteiger partial charge on any atom is -0.433 e. The Labute approximate surface area is 212 Å². The maximum absolute atomic E-state index is 14.3. The summed E-state index contributed by atoms with van der Waals surface area (Å²) in [5.74, 6) is -0.643. The molecule has 2 aliphatic heterocycles. The van der Waals surface area contributed by atoms with Gasteiger partial charge >= 0.3 is 5.97 Å². The predicted molar refractivity (Wildman–Crippen MR) is 136 cm³/mol. The molecule has 7 heteroatoms. The van der Waals surface area contributed by atoms with Gasteiger partial charge in [0.1, 0.15) is 5.72 Å². The Balaban J connectivity index is 1.90. The van der Waals surface area contributed by atoms with Crippen molar-refractivity contribution in [2.45, 2.75) is 146 Å². The number of carbonyl (C=O) groups excluding carboxylic acids is 2. The fraction of sp³-hybridized carbons (Fsp3) is 0.857. The predicted octanol–water partition coefficient (Wildman–Crippen LogP) is 4.96. The van der Waals surface area contributed by atoms with Gasteiger partial charge in [-0.3, -0.25) is 4.79 Å². The van der Waals surface area contributed by atoms with Crippen molar-refractivity contribution in [3.05, 3.63) is 12.7 Å². The van der Waals surface area contributed by atoms with E-state index in [4.69, 9.17) is 9.47 Å². The molecule has 0 radical (unpaired) electrons. The number of carbonyl (C=O) groups is 2. The van der Waals surface area contributed by atoms with E-state index in [0.29, 0.717) is 19.4 Å². The maximum atomic E-state index is 14.3. The molecule has 2 N–H and O–H groups in total. The van der Waals surface area contributed by atoms with E-state index in [9.17, 15) is 14.7 Å². The Hall–Kier alpha value is -1.44. The molecule has 3 aliphatic rings. The molecule has 1 unspecified atom stereocenters. The van der Waals surface area contributed by atoms with E-state index in [1.54, 1.807) is 0 Å². The molecule has 35 heavy (non-hydrogen) atoms. The lowest BCUT2D eigenvalue weighted by Gasteiger charge is -2.50. The zero-order valence-corrected chi connectivity index (χ0v) is 22.5. The Morgan fingerprint density at radius 2 is 1.51 bits per heavy atom. The van der Waals surface area contributed by atoms with Crippen LogP contribution in [0.1, 0.15) is 118 Å². The van der Waals surface area contributed by atoms with Crippen LogP contribution < -0.4 is 5.32 Å². The van der Waals surface area contributed by atoms with Crippen molar-refractivity contribution in [2.24, 2.45) is 0 Å². The molecular weight excluding hydrogens is 444 g/mol. The third-order valence-electron chi connectivity index (χ3n) is 7.80. The van der Waals surface area contributed by atoms with Crippen LogP contribution in [-0.4, -0.2) is 57.1 Å². The molecule has 2 spiro atoms. The lowest BCUT2D eigenvalue weighted by atomic mass is 9.72. The maximum Gasteiger partial charge on any atom is 0.332 e. The zero-order valence-electron chi connectivity index (χ0n) is 22.5. The molecule has 2 heterocycles. The Morgan fingerprint density at radius 1 is 1.03 bits per heavy atom. The summed E-state index contributed by atoms with van der Waals surface area (Å²) in [5, 5.41) is 14.0. The largest absolute Gasteiger partial charge is 0.433 e. The van der Waals surface area contributed by atoms with Gasteiger partial charge < -0.3 is 24.8 Å². The number of hydrogen-bond acceptors (Lipinski definition) is 6. The molecule has 3 rings (SSSR count). The van der Waals surface area contributed by atoms with Gasteiger partial charge in [0.25, 0.3) is 5.91 Å². The monoisotopic (exact) mass is 492 g/mol. The molecule has 0 aromatic rings. The first-order valence-corrected chi connectivity index (χ1v) is 13.8. The first-order valence-electron chi connectivity index (χ1n) is 13.8. The Morgan fingerprint density at radius 3 is 2.00 bits per heavy atom. The van der Waals surface area contributed by atoms with Crippen LogP contribution in [0.2, 0.25) is 0 Å². The topological polar surface area (TPSA) is 88.1 Å². The molecule has 2 saturated heterocycles. The van der Waals surface area contributed by atoms with Crippen LogP contribution in [0.25, 0.3) is 0 Å². The number of amides is 1. The molecule has 1 amide bonds. The van der Waals surface area contributed by atoms with Crippen LogP contribution in [0.3, 0.4) is 0 Å². The van der Waals surface area contributed by atoms with Crippen molar-refractivity contribution in [1.29, 1.82) is 0 Å². The van der Waals surface area contributed by atoms with E-state index >= 15 is 0 Å². The van der Waals surface area contributed by atoms with Crippen LogP contribution in [0.4, 0.5) is 0 Å². The minimum absolute atomic E-state index is 0.0227. The van der Waals surface area contributed by atoms with E-state index in [1.165, 1.54) is 32.1 Å². The second-order valence-electron chi connectivity index (χ2n) is 12.3. The summed E-state index contributed by atoms with van der Waals surface area (Å²) >= 11 is 0. The standard InChI is InChI=1S/C28H48N2O5/c1-6-22(31)34-23(32)16-19-30-24(33)27(20-25(2,3)29-26(4,5)21-27)35-28(30)17-14-12-10-8-7-9-11-13-15-18-28/h6,23,29,32H,1,7-21H2,2-5H3. The lowest BCUT2D eigenvalue weighted by molar-refractivity contribution is -0.180. The van der Waals surface area contributed by atoms with Crippen LogP contribution in [0.5, 0.6) is 0 Å². The number of esters is 1. The number of hydrogen-bond donors (Lipinski definition) is 2. The van der Waals surface area contributed by atoms with Crippen LogP contribution in [0.15, 0.2) is 12.7 Å².